The van der Waals surface area contributed by atoms with E-state index in [1.54, 1.807) is 12.1 Å². The molecule has 1 aliphatic heterocycles. The second-order valence-corrected chi connectivity index (χ2v) is 5.15. The number of likely N-dealkylation sites (N-methyl/N-ethyl adjacent to an activating group) is 1. The normalized spacial score (nSPS) is 19.6. The predicted octanol–water partition coefficient (Wildman–Crippen LogP) is 2.50. The Morgan fingerprint density at radius 1 is 1.50 bits per heavy atom. The van der Waals surface area contributed by atoms with Crippen LogP contribution in [0.25, 0.3) is 0 Å². The monoisotopic (exact) mass is 279 g/mol. The fourth-order valence-corrected chi connectivity index (χ4v) is 2.57. The summed E-state index contributed by atoms with van der Waals surface area (Å²) in [5, 5.41) is 14.3. The SMILES string of the molecule is COc1ccc(NCC2CCCCN2C)c([N+](=O)[O-])c1. The molecule has 6 nitrogen and oxygen atoms in total. The second-order valence-electron chi connectivity index (χ2n) is 5.15. The molecule has 2 rings (SSSR count). The van der Waals surface area contributed by atoms with Crippen molar-refractivity contribution in [1.82, 2.24) is 4.90 Å². The standard InChI is InChI=1S/C14H21N3O3/c1-16-8-4-3-5-11(16)10-15-13-7-6-12(20-2)9-14(13)17(18)19/h6-7,9,11,15H,3-5,8,10H2,1-2H3. The molecular weight excluding hydrogens is 258 g/mol. The lowest BCUT2D eigenvalue weighted by Gasteiger charge is -2.32. The number of likely N-dealkylation sites (tertiary alicyclic amines) is 1. The average molecular weight is 279 g/mol. The summed E-state index contributed by atoms with van der Waals surface area (Å²) in [6, 6.07) is 5.33. The molecule has 1 atom stereocenters. The highest BCUT2D eigenvalue weighted by Crippen LogP contribution is 2.29. The molecule has 0 radical (unpaired) electrons. The quantitative estimate of drug-likeness (QED) is 0.662. The van der Waals surface area contributed by atoms with E-state index in [-0.39, 0.29) is 10.6 Å². The zero-order valence-electron chi connectivity index (χ0n) is 12.0. The topological polar surface area (TPSA) is 67.6 Å². The largest absolute Gasteiger partial charge is 0.496 e. The number of nitrogens with one attached hydrogen (secondary N) is 1. The van der Waals surface area contributed by atoms with Gasteiger partial charge in [0.25, 0.3) is 5.69 Å². The first-order valence-corrected chi connectivity index (χ1v) is 6.88. The maximum atomic E-state index is 11.1. The summed E-state index contributed by atoms with van der Waals surface area (Å²) in [4.78, 5) is 13.0. The van der Waals surface area contributed by atoms with Crippen molar-refractivity contribution in [3.05, 3.63) is 28.3 Å². The van der Waals surface area contributed by atoms with Gasteiger partial charge in [-0.15, -0.1) is 0 Å². The molecule has 1 aliphatic rings. The molecule has 0 aliphatic carbocycles. The molecule has 0 aromatic heterocycles. The lowest BCUT2D eigenvalue weighted by molar-refractivity contribution is -0.384. The maximum absolute atomic E-state index is 11.1. The molecule has 0 saturated carbocycles. The van der Waals surface area contributed by atoms with E-state index in [4.69, 9.17) is 4.74 Å². The number of rotatable bonds is 5. The van der Waals surface area contributed by atoms with E-state index in [2.05, 4.69) is 17.3 Å². The summed E-state index contributed by atoms with van der Waals surface area (Å²) < 4.78 is 5.03. The van der Waals surface area contributed by atoms with Gasteiger partial charge in [-0.1, -0.05) is 6.42 Å². The summed E-state index contributed by atoms with van der Waals surface area (Å²) in [5.74, 6) is 0.497. The highest BCUT2D eigenvalue weighted by atomic mass is 16.6. The van der Waals surface area contributed by atoms with Crippen molar-refractivity contribution >= 4 is 11.4 Å². The summed E-state index contributed by atoms with van der Waals surface area (Å²) >= 11 is 0. The van der Waals surface area contributed by atoms with Crippen LogP contribution in [0.1, 0.15) is 19.3 Å². The Kier molecular flexibility index (Phi) is 4.79. The van der Waals surface area contributed by atoms with E-state index in [1.807, 2.05) is 0 Å². The third-order valence-electron chi connectivity index (χ3n) is 3.85. The van der Waals surface area contributed by atoms with Crippen LogP contribution >= 0.6 is 0 Å². The molecule has 1 N–H and O–H groups in total. The molecule has 110 valence electrons. The van der Waals surface area contributed by atoms with E-state index >= 15 is 0 Å². The van der Waals surface area contributed by atoms with Crippen LogP contribution in [0, 0.1) is 10.1 Å². The van der Waals surface area contributed by atoms with Gasteiger partial charge in [0, 0.05) is 12.6 Å². The second kappa shape index (κ2) is 6.56. The van der Waals surface area contributed by atoms with Crippen molar-refractivity contribution in [3.8, 4) is 5.75 Å². The van der Waals surface area contributed by atoms with Gasteiger partial charge in [0.1, 0.15) is 11.4 Å². The van der Waals surface area contributed by atoms with Crippen LogP contribution in [0.5, 0.6) is 5.75 Å². The Balaban J connectivity index is 2.06. The molecule has 1 aromatic rings. The maximum Gasteiger partial charge on any atom is 0.296 e. The summed E-state index contributed by atoms with van der Waals surface area (Å²) in [6.07, 6.45) is 3.59. The molecule has 1 unspecified atom stereocenters. The molecule has 0 amide bonds. The number of benzene rings is 1. The number of hydrogen-bond donors (Lipinski definition) is 1. The van der Waals surface area contributed by atoms with Gasteiger partial charge in [-0.05, 0) is 38.6 Å². The molecule has 0 spiro atoms. The van der Waals surface area contributed by atoms with E-state index in [0.717, 1.165) is 19.5 Å². The lowest BCUT2D eigenvalue weighted by atomic mass is 10.0. The van der Waals surface area contributed by atoms with Gasteiger partial charge in [0.15, 0.2) is 0 Å². The van der Waals surface area contributed by atoms with Gasteiger partial charge < -0.3 is 15.0 Å². The van der Waals surface area contributed by atoms with Crippen LogP contribution in [-0.4, -0.2) is 43.1 Å². The van der Waals surface area contributed by atoms with Crippen LogP contribution in [-0.2, 0) is 0 Å². The lowest BCUT2D eigenvalue weighted by Crippen LogP contribution is -2.40. The molecule has 1 heterocycles. The highest BCUT2D eigenvalue weighted by molar-refractivity contribution is 5.63. The van der Waals surface area contributed by atoms with Crippen molar-refractivity contribution in [2.45, 2.75) is 25.3 Å². The van der Waals surface area contributed by atoms with Crippen LogP contribution in [0.3, 0.4) is 0 Å². The highest BCUT2D eigenvalue weighted by Gasteiger charge is 2.20. The molecular formula is C14H21N3O3. The third kappa shape index (κ3) is 3.39. The number of nitrogens with zero attached hydrogens (tertiary/aromatic N) is 2. The zero-order chi connectivity index (χ0) is 14.5. The summed E-state index contributed by atoms with van der Waals surface area (Å²) in [5.41, 5.74) is 0.609. The van der Waals surface area contributed by atoms with Crippen molar-refractivity contribution in [1.29, 1.82) is 0 Å². The van der Waals surface area contributed by atoms with E-state index in [9.17, 15) is 10.1 Å². The fourth-order valence-electron chi connectivity index (χ4n) is 2.57. The number of anilines is 1. The Hall–Kier alpha value is -1.82. The summed E-state index contributed by atoms with van der Waals surface area (Å²) in [6.45, 7) is 1.82. The van der Waals surface area contributed by atoms with Crippen molar-refractivity contribution < 1.29 is 9.66 Å². The van der Waals surface area contributed by atoms with Crippen LogP contribution in [0.4, 0.5) is 11.4 Å². The molecule has 20 heavy (non-hydrogen) atoms. The Morgan fingerprint density at radius 2 is 2.30 bits per heavy atom. The predicted molar refractivity (Wildman–Crippen MR) is 78.4 cm³/mol. The fraction of sp³-hybridized carbons (Fsp3) is 0.571. The van der Waals surface area contributed by atoms with Crippen molar-refractivity contribution in [2.24, 2.45) is 0 Å². The smallest absolute Gasteiger partial charge is 0.296 e. The van der Waals surface area contributed by atoms with Gasteiger partial charge in [-0.3, -0.25) is 10.1 Å². The zero-order valence-corrected chi connectivity index (χ0v) is 12.0. The van der Waals surface area contributed by atoms with Gasteiger partial charge in [-0.25, -0.2) is 0 Å². The minimum Gasteiger partial charge on any atom is -0.496 e. The van der Waals surface area contributed by atoms with Gasteiger partial charge in [0.05, 0.1) is 18.1 Å². The number of piperidine rings is 1. The first kappa shape index (κ1) is 14.6. The number of nitro benzene ring substituents is 1. The number of hydrogen-bond acceptors (Lipinski definition) is 5. The van der Waals surface area contributed by atoms with Gasteiger partial charge in [-0.2, -0.15) is 0 Å². The van der Waals surface area contributed by atoms with Crippen LogP contribution < -0.4 is 10.1 Å². The Bertz CT molecular complexity index is 479. The number of ether oxygens (including phenoxy) is 1. The van der Waals surface area contributed by atoms with Gasteiger partial charge in [0.2, 0.25) is 0 Å². The number of methoxy groups -OCH3 is 1. The third-order valence-corrected chi connectivity index (χ3v) is 3.85. The Labute approximate surface area is 118 Å². The van der Waals surface area contributed by atoms with Crippen molar-refractivity contribution in [2.75, 3.05) is 32.6 Å². The average Bonchev–Trinajstić information content (AvgIpc) is 2.46. The minimum absolute atomic E-state index is 0.0582. The molecule has 1 aromatic carbocycles. The van der Waals surface area contributed by atoms with Gasteiger partial charge >= 0.3 is 0 Å². The van der Waals surface area contributed by atoms with E-state index in [0.29, 0.717) is 17.5 Å². The number of nitro groups is 1. The van der Waals surface area contributed by atoms with E-state index < -0.39 is 0 Å². The van der Waals surface area contributed by atoms with Crippen molar-refractivity contribution in [3.63, 3.8) is 0 Å². The first-order chi connectivity index (χ1) is 9.61. The molecule has 0 bridgehead atoms. The van der Waals surface area contributed by atoms with E-state index in [1.165, 1.54) is 26.0 Å². The molecule has 1 saturated heterocycles. The summed E-state index contributed by atoms with van der Waals surface area (Å²) in [7, 11) is 3.61. The molecule has 6 heteroatoms. The minimum atomic E-state index is -0.380. The first-order valence-electron chi connectivity index (χ1n) is 6.88. The van der Waals surface area contributed by atoms with Crippen LogP contribution in [0.2, 0.25) is 0 Å². The molecule has 1 fully saturated rings. The van der Waals surface area contributed by atoms with Crippen LogP contribution in [0.15, 0.2) is 18.2 Å². The Morgan fingerprint density at radius 3 is 2.95 bits per heavy atom.